The van der Waals surface area contributed by atoms with E-state index in [1.807, 2.05) is 30.3 Å². The van der Waals surface area contributed by atoms with E-state index in [0.717, 1.165) is 18.5 Å². The van der Waals surface area contributed by atoms with E-state index in [4.69, 9.17) is 5.73 Å². The van der Waals surface area contributed by atoms with Crippen LogP contribution in [-0.4, -0.2) is 12.5 Å². The Balaban J connectivity index is 0.00000220. The van der Waals surface area contributed by atoms with Crippen LogP contribution in [0.2, 0.25) is 0 Å². The van der Waals surface area contributed by atoms with Crippen LogP contribution in [-0.2, 0) is 4.79 Å². The average Bonchev–Trinajstić information content (AvgIpc) is 2.95. The van der Waals surface area contributed by atoms with Crippen LogP contribution in [0.15, 0.2) is 30.3 Å². The van der Waals surface area contributed by atoms with Gasteiger partial charge in [-0.15, -0.1) is 12.4 Å². The van der Waals surface area contributed by atoms with E-state index in [9.17, 15) is 4.79 Å². The summed E-state index contributed by atoms with van der Waals surface area (Å²) in [5.74, 6) is 0.0704. The maximum atomic E-state index is 12.1. The molecule has 2 rings (SSSR count). The van der Waals surface area contributed by atoms with Crippen LogP contribution in [0.3, 0.4) is 0 Å². The molecule has 1 atom stereocenters. The molecule has 21 heavy (non-hydrogen) atoms. The zero-order chi connectivity index (χ0) is 14.4. The number of rotatable bonds is 6. The highest BCUT2D eigenvalue weighted by Crippen LogP contribution is 2.40. The fourth-order valence-corrected chi connectivity index (χ4v) is 3.16. The molecule has 0 spiro atoms. The largest absolute Gasteiger partial charge is 0.355 e. The molecular weight excluding hydrogens is 284 g/mol. The van der Waals surface area contributed by atoms with Crippen LogP contribution < -0.4 is 11.1 Å². The zero-order valence-corrected chi connectivity index (χ0v) is 13.6. The lowest BCUT2D eigenvalue weighted by atomic mass is 9.83. The van der Waals surface area contributed by atoms with Gasteiger partial charge in [-0.05, 0) is 30.2 Å². The van der Waals surface area contributed by atoms with Crippen molar-refractivity contribution in [1.82, 2.24) is 5.32 Å². The topological polar surface area (TPSA) is 55.1 Å². The van der Waals surface area contributed by atoms with Crippen molar-refractivity contribution in [3.8, 4) is 0 Å². The van der Waals surface area contributed by atoms with Crippen LogP contribution in [0, 0.1) is 5.41 Å². The van der Waals surface area contributed by atoms with E-state index in [2.05, 4.69) is 12.2 Å². The predicted octanol–water partition coefficient (Wildman–Crippen LogP) is 3.58. The number of amides is 1. The van der Waals surface area contributed by atoms with Gasteiger partial charge >= 0.3 is 0 Å². The number of halogens is 1. The highest BCUT2D eigenvalue weighted by atomic mass is 35.5. The summed E-state index contributed by atoms with van der Waals surface area (Å²) in [6, 6.07) is 9.61. The molecule has 0 heterocycles. The van der Waals surface area contributed by atoms with Crippen molar-refractivity contribution in [3.05, 3.63) is 35.9 Å². The first-order valence-electron chi connectivity index (χ1n) is 7.72. The van der Waals surface area contributed by atoms with E-state index in [-0.39, 0.29) is 24.4 Å². The minimum absolute atomic E-state index is 0. The van der Waals surface area contributed by atoms with Gasteiger partial charge in [0, 0.05) is 19.0 Å². The van der Waals surface area contributed by atoms with Gasteiger partial charge in [0.15, 0.2) is 0 Å². The molecule has 3 nitrogen and oxygen atoms in total. The highest BCUT2D eigenvalue weighted by molar-refractivity contribution is 5.85. The third kappa shape index (κ3) is 5.01. The summed E-state index contributed by atoms with van der Waals surface area (Å²) >= 11 is 0. The number of hydrogen-bond donors (Lipinski definition) is 2. The summed E-state index contributed by atoms with van der Waals surface area (Å²) in [5.41, 5.74) is 7.45. The summed E-state index contributed by atoms with van der Waals surface area (Å²) < 4.78 is 0. The lowest BCUT2D eigenvalue weighted by Gasteiger charge is -2.28. The highest BCUT2D eigenvalue weighted by Gasteiger charge is 2.32. The lowest BCUT2D eigenvalue weighted by molar-refractivity contribution is -0.122. The lowest BCUT2D eigenvalue weighted by Crippen LogP contribution is -2.36. The number of benzene rings is 1. The smallest absolute Gasteiger partial charge is 0.221 e. The summed E-state index contributed by atoms with van der Waals surface area (Å²) in [5, 5.41) is 3.10. The van der Waals surface area contributed by atoms with Crippen molar-refractivity contribution in [2.45, 2.75) is 51.5 Å². The molecule has 1 aliphatic carbocycles. The first kappa shape index (κ1) is 18.0. The van der Waals surface area contributed by atoms with E-state index in [0.29, 0.717) is 11.8 Å². The van der Waals surface area contributed by atoms with Gasteiger partial charge in [0.2, 0.25) is 5.91 Å². The second-order valence-corrected chi connectivity index (χ2v) is 6.06. The normalized spacial score (nSPS) is 17.8. The minimum atomic E-state index is -0.211. The molecule has 4 heteroatoms. The second kappa shape index (κ2) is 8.40. The first-order chi connectivity index (χ1) is 9.65. The summed E-state index contributed by atoms with van der Waals surface area (Å²) in [4.78, 5) is 12.1. The number of nitrogens with two attached hydrogens (primary N) is 1. The average molecular weight is 311 g/mol. The summed E-state index contributed by atoms with van der Waals surface area (Å²) in [6.45, 7) is 3.04. The molecule has 1 unspecified atom stereocenters. The van der Waals surface area contributed by atoms with Crippen LogP contribution in [0.5, 0.6) is 0 Å². The Labute approximate surface area is 134 Å². The fourth-order valence-electron chi connectivity index (χ4n) is 3.16. The third-order valence-corrected chi connectivity index (χ3v) is 4.71. The van der Waals surface area contributed by atoms with E-state index < -0.39 is 0 Å². The standard InChI is InChI=1S/C17H26N2O.ClH/c1-2-17(10-6-7-11-17)13-19-16(20)12-15(18)14-8-4-3-5-9-14;/h3-5,8-9,15H,2,6-7,10-13,18H2,1H3,(H,19,20);1H. The van der Waals surface area contributed by atoms with Crippen molar-refractivity contribution < 1.29 is 4.79 Å². The molecule has 1 fully saturated rings. The molecule has 0 bridgehead atoms. The summed E-state index contributed by atoms with van der Waals surface area (Å²) in [7, 11) is 0. The van der Waals surface area contributed by atoms with Gasteiger partial charge in [0.25, 0.3) is 0 Å². The van der Waals surface area contributed by atoms with Crippen LogP contribution in [0.25, 0.3) is 0 Å². The van der Waals surface area contributed by atoms with Gasteiger partial charge in [-0.2, -0.15) is 0 Å². The van der Waals surface area contributed by atoms with Gasteiger partial charge in [0.1, 0.15) is 0 Å². The summed E-state index contributed by atoms with van der Waals surface area (Å²) in [6.07, 6.45) is 6.60. The Hall–Kier alpha value is -1.06. The van der Waals surface area contributed by atoms with E-state index in [1.165, 1.54) is 25.7 Å². The molecule has 118 valence electrons. The molecule has 3 N–H and O–H groups in total. The Morgan fingerprint density at radius 1 is 1.29 bits per heavy atom. The van der Waals surface area contributed by atoms with Crippen molar-refractivity contribution in [1.29, 1.82) is 0 Å². The molecule has 0 radical (unpaired) electrons. The quantitative estimate of drug-likeness (QED) is 0.843. The number of carbonyl (C=O) groups excluding carboxylic acids is 1. The molecule has 0 aromatic heterocycles. The second-order valence-electron chi connectivity index (χ2n) is 6.06. The Morgan fingerprint density at radius 2 is 1.90 bits per heavy atom. The molecule has 0 aliphatic heterocycles. The van der Waals surface area contributed by atoms with Gasteiger partial charge in [-0.25, -0.2) is 0 Å². The molecule has 1 aromatic carbocycles. The number of carbonyl (C=O) groups is 1. The van der Waals surface area contributed by atoms with Gasteiger partial charge in [-0.1, -0.05) is 50.1 Å². The number of nitrogens with one attached hydrogen (secondary N) is 1. The number of hydrogen-bond acceptors (Lipinski definition) is 2. The Kier molecular flexibility index (Phi) is 7.20. The van der Waals surface area contributed by atoms with Crippen molar-refractivity contribution in [3.63, 3.8) is 0 Å². The maximum Gasteiger partial charge on any atom is 0.221 e. The first-order valence-corrected chi connectivity index (χ1v) is 7.72. The molecule has 0 saturated heterocycles. The molecule has 1 saturated carbocycles. The van der Waals surface area contributed by atoms with E-state index >= 15 is 0 Å². The SMILES string of the molecule is CCC1(CNC(=O)CC(N)c2ccccc2)CCCC1.Cl. The molecule has 1 aliphatic rings. The Bertz CT molecular complexity index is 430. The van der Waals surface area contributed by atoms with Gasteiger partial charge in [-0.3, -0.25) is 4.79 Å². The molecule has 1 amide bonds. The predicted molar refractivity (Wildman–Crippen MR) is 89.4 cm³/mol. The fraction of sp³-hybridized carbons (Fsp3) is 0.588. The van der Waals surface area contributed by atoms with Gasteiger partial charge in [0.05, 0.1) is 0 Å². The van der Waals surface area contributed by atoms with Crippen molar-refractivity contribution in [2.24, 2.45) is 11.1 Å². The van der Waals surface area contributed by atoms with Crippen LogP contribution in [0.1, 0.15) is 57.1 Å². The third-order valence-electron chi connectivity index (χ3n) is 4.71. The van der Waals surface area contributed by atoms with Crippen LogP contribution >= 0.6 is 12.4 Å². The molecule has 1 aromatic rings. The van der Waals surface area contributed by atoms with Gasteiger partial charge < -0.3 is 11.1 Å². The Morgan fingerprint density at radius 3 is 2.48 bits per heavy atom. The maximum absolute atomic E-state index is 12.1. The minimum Gasteiger partial charge on any atom is -0.355 e. The van der Waals surface area contributed by atoms with E-state index in [1.54, 1.807) is 0 Å². The van der Waals surface area contributed by atoms with Crippen molar-refractivity contribution in [2.75, 3.05) is 6.54 Å². The monoisotopic (exact) mass is 310 g/mol. The van der Waals surface area contributed by atoms with Crippen molar-refractivity contribution >= 4 is 18.3 Å². The zero-order valence-electron chi connectivity index (χ0n) is 12.8. The molecular formula is C17H27ClN2O. The van der Waals surface area contributed by atoms with Crippen LogP contribution in [0.4, 0.5) is 0 Å².